The highest BCUT2D eigenvalue weighted by Crippen LogP contribution is 2.34. The Labute approximate surface area is 184 Å². The van der Waals surface area contributed by atoms with Crippen LogP contribution in [0.5, 0.6) is 0 Å². The van der Waals surface area contributed by atoms with Crippen LogP contribution in [0.1, 0.15) is 11.3 Å². The molecular formula is C22H22N4O3S2. The van der Waals surface area contributed by atoms with Crippen molar-refractivity contribution in [3.63, 3.8) is 0 Å². The topological polar surface area (TPSA) is 95.2 Å². The molecule has 0 aliphatic carbocycles. The van der Waals surface area contributed by atoms with Gasteiger partial charge in [0.2, 0.25) is 15.9 Å². The van der Waals surface area contributed by atoms with E-state index in [0.29, 0.717) is 10.8 Å². The molecule has 0 saturated heterocycles. The molecular weight excluding hydrogens is 432 g/mol. The summed E-state index contributed by atoms with van der Waals surface area (Å²) in [5.74, 6) is -0.453. The number of amides is 1. The molecule has 0 aliphatic heterocycles. The fourth-order valence-corrected chi connectivity index (χ4v) is 5.20. The Morgan fingerprint density at radius 3 is 2.58 bits per heavy atom. The Kier molecular flexibility index (Phi) is 5.55. The molecule has 1 amide bonds. The highest BCUT2D eigenvalue weighted by molar-refractivity contribution is 7.92. The lowest BCUT2D eigenvalue weighted by atomic mass is 10.1. The largest absolute Gasteiger partial charge is 0.358 e. The fraction of sp³-hybridized carbons (Fsp3) is 0.182. The number of H-pyrrole nitrogens is 1. The Balaban J connectivity index is 1.56. The van der Waals surface area contributed by atoms with E-state index in [1.165, 1.54) is 11.3 Å². The molecule has 2 aromatic heterocycles. The number of carbonyl (C=O) groups is 1. The van der Waals surface area contributed by atoms with E-state index in [1.807, 2.05) is 55.6 Å². The molecule has 0 bridgehead atoms. The van der Waals surface area contributed by atoms with Gasteiger partial charge in [0.25, 0.3) is 0 Å². The number of nitrogens with one attached hydrogen (secondary N) is 2. The first-order valence-electron chi connectivity index (χ1n) is 9.60. The molecule has 0 saturated carbocycles. The van der Waals surface area contributed by atoms with Gasteiger partial charge in [-0.25, -0.2) is 13.4 Å². The van der Waals surface area contributed by atoms with Gasteiger partial charge >= 0.3 is 0 Å². The molecule has 2 aromatic carbocycles. The number of nitrogens with zero attached hydrogens (tertiary/aromatic N) is 2. The predicted octanol–water partition coefficient (Wildman–Crippen LogP) is 4.31. The van der Waals surface area contributed by atoms with Gasteiger partial charge in [-0.3, -0.25) is 9.10 Å². The third-order valence-corrected chi connectivity index (χ3v) is 6.86. The summed E-state index contributed by atoms with van der Waals surface area (Å²) in [4.78, 5) is 20.6. The number of fused-ring (bicyclic) bond motifs is 1. The summed E-state index contributed by atoms with van der Waals surface area (Å²) in [7, 11) is -3.64. The SMILES string of the molecule is Cc1ccccc1N(CC(=O)Nc1nc(-c2c(C)[nH]c3ccccc23)cs1)S(C)(=O)=O. The summed E-state index contributed by atoms with van der Waals surface area (Å²) in [5.41, 5.74) is 5.02. The van der Waals surface area contributed by atoms with Gasteiger partial charge in [-0.1, -0.05) is 36.4 Å². The van der Waals surface area contributed by atoms with Crippen LogP contribution in [0.3, 0.4) is 0 Å². The molecule has 31 heavy (non-hydrogen) atoms. The van der Waals surface area contributed by atoms with Crippen LogP contribution in [0.2, 0.25) is 0 Å². The number of rotatable bonds is 6. The lowest BCUT2D eigenvalue weighted by Gasteiger charge is -2.23. The van der Waals surface area contributed by atoms with Crippen LogP contribution in [-0.2, 0) is 14.8 Å². The average molecular weight is 455 g/mol. The van der Waals surface area contributed by atoms with Gasteiger partial charge in [0, 0.05) is 27.5 Å². The normalized spacial score (nSPS) is 11.6. The molecule has 0 aliphatic rings. The van der Waals surface area contributed by atoms with Crippen molar-refractivity contribution in [1.29, 1.82) is 0 Å². The molecule has 160 valence electrons. The molecule has 2 N–H and O–H groups in total. The summed E-state index contributed by atoms with van der Waals surface area (Å²) in [6.45, 7) is 3.46. The van der Waals surface area contributed by atoms with Crippen LogP contribution in [0, 0.1) is 13.8 Å². The van der Waals surface area contributed by atoms with E-state index in [-0.39, 0.29) is 6.54 Å². The van der Waals surface area contributed by atoms with E-state index in [9.17, 15) is 13.2 Å². The minimum atomic E-state index is -3.64. The number of anilines is 2. The summed E-state index contributed by atoms with van der Waals surface area (Å²) >= 11 is 1.30. The molecule has 9 heteroatoms. The van der Waals surface area contributed by atoms with Crippen molar-refractivity contribution in [2.45, 2.75) is 13.8 Å². The zero-order valence-corrected chi connectivity index (χ0v) is 19.0. The second kappa shape index (κ2) is 8.16. The summed E-state index contributed by atoms with van der Waals surface area (Å²) in [6.07, 6.45) is 1.09. The highest BCUT2D eigenvalue weighted by atomic mass is 32.2. The van der Waals surface area contributed by atoms with Gasteiger partial charge < -0.3 is 10.3 Å². The van der Waals surface area contributed by atoms with Gasteiger partial charge in [-0.05, 0) is 31.5 Å². The number of thiazole rings is 1. The summed E-state index contributed by atoms with van der Waals surface area (Å²) in [6, 6.07) is 15.0. The van der Waals surface area contributed by atoms with Crippen LogP contribution in [-0.4, -0.2) is 37.1 Å². The predicted molar refractivity (Wildman–Crippen MR) is 126 cm³/mol. The van der Waals surface area contributed by atoms with E-state index in [1.54, 1.807) is 12.1 Å². The molecule has 7 nitrogen and oxygen atoms in total. The van der Waals surface area contributed by atoms with Gasteiger partial charge in [-0.2, -0.15) is 0 Å². The highest BCUT2D eigenvalue weighted by Gasteiger charge is 2.23. The summed E-state index contributed by atoms with van der Waals surface area (Å²) < 4.78 is 25.8. The Hall–Kier alpha value is -3.17. The first-order valence-corrected chi connectivity index (χ1v) is 12.3. The number of aromatic nitrogens is 2. The van der Waals surface area contributed by atoms with Crippen LogP contribution in [0.4, 0.5) is 10.8 Å². The maximum Gasteiger partial charge on any atom is 0.246 e. The average Bonchev–Trinajstić information content (AvgIpc) is 3.28. The molecule has 4 aromatic rings. The number of hydrogen-bond donors (Lipinski definition) is 2. The minimum Gasteiger partial charge on any atom is -0.358 e. The van der Waals surface area contributed by atoms with Crippen molar-refractivity contribution < 1.29 is 13.2 Å². The fourth-order valence-electron chi connectivity index (χ4n) is 3.57. The van der Waals surface area contributed by atoms with E-state index in [2.05, 4.69) is 15.3 Å². The smallest absolute Gasteiger partial charge is 0.246 e. The lowest BCUT2D eigenvalue weighted by Crippen LogP contribution is -2.37. The van der Waals surface area contributed by atoms with Gasteiger partial charge in [0.15, 0.2) is 5.13 Å². The number of carbonyl (C=O) groups excluding carboxylic acids is 1. The standard InChI is InChI=1S/C22H22N4O3S2/c1-14-8-4-7-11-19(14)26(31(3,28)29)12-20(27)25-22-24-18(13-30-22)21-15(2)23-17-10-6-5-9-16(17)21/h4-11,13,23H,12H2,1-3H3,(H,24,25,27). The zero-order valence-electron chi connectivity index (χ0n) is 17.3. The maximum atomic E-state index is 12.7. The molecule has 0 unspecified atom stereocenters. The minimum absolute atomic E-state index is 0.329. The quantitative estimate of drug-likeness (QED) is 0.454. The van der Waals surface area contributed by atoms with Crippen molar-refractivity contribution in [1.82, 2.24) is 9.97 Å². The molecule has 0 atom stereocenters. The van der Waals surface area contributed by atoms with Gasteiger partial charge in [-0.15, -0.1) is 11.3 Å². The third-order valence-electron chi connectivity index (χ3n) is 4.97. The van der Waals surface area contributed by atoms with Crippen LogP contribution < -0.4 is 9.62 Å². The third kappa shape index (κ3) is 4.33. The van der Waals surface area contributed by atoms with Crippen LogP contribution >= 0.6 is 11.3 Å². The molecule has 0 fully saturated rings. The van der Waals surface area contributed by atoms with E-state index in [4.69, 9.17) is 0 Å². The first kappa shape index (κ1) is 21.1. The second-order valence-electron chi connectivity index (χ2n) is 7.31. The number of hydrogen-bond acceptors (Lipinski definition) is 5. The molecule has 0 radical (unpaired) electrons. The number of sulfonamides is 1. The second-order valence-corrected chi connectivity index (χ2v) is 10.1. The van der Waals surface area contributed by atoms with E-state index >= 15 is 0 Å². The van der Waals surface area contributed by atoms with Crippen molar-refractivity contribution >= 4 is 49.0 Å². The maximum absolute atomic E-state index is 12.7. The Bertz CT molecular complexity index is 1370. The van der Waals surface area contributed by atoms with Crippen molar-refractivity contribution in [3.8, 4) is 11.3 Å². The monoisotopic (exact) mass is 454 g/mol. The number of benzene rings is 2. The van der Waals surface area contributed by atoms with Crippen molar-refractivity contribution in [2.75, 3.05) is 22.4 Å². The number of aryl methyl sites for hydroxylation is 2. The Morgan fingerprint density at radius 2 is 1.84 bits per heavy atom. The molecule has 4 rings (SSSR count). The molecule has 0 spiro atoms. The molecule has 2 heterocycles. The number of para-hydroxylation sites is 2. The summed E-state index contributed by atoms with van der Waals surface area (Å²) in [5, 5.41) is 6.10. The number of aromatic amines is 1. The van der Waals surface area contributed by atoms with Crippen LogP contribution in [0.25, 0.3) is 22.2 Å². The van der Waals surface area contributed by atoms with E-state index < -0.39 is 15.9 Å². The van der Waals surface area contributed by atoms with E-state index in [0.717, 1.165) is 44.0 Å². The van der Waals surface area contributed by atoms with Gasteiger partial charge in [0.05, 0.1) is 17.6 Å². The zero-order chi connectivity index (χ0) is 22.2. The van der Waals surface area contributed by atoms with Gasteiger partial charge in [0.1, 0.15) is 6.54 Å². The lowest BCUT2D eigenvalue weighted by molar-refractivity contribution is -0.114. The van der Waals surface area contributed by atoms with Crippen molar-refractivity contribution in [2.24, 2.45) is 0 Å². The van der Waals surface area contributed by atoms with Crippen LogP contribution in [0.15, 0.2) is 53.9 Å². The Morgan fingerprint density at radius 1 is 1.13 bits per heavy atom. The van der Waals surface area contributed by atoms with Crippen molar-refractivity contribution in [3.05, 3.63) is 65.2 Å². The first-order chi connectivity index (χ1) is 14.7.